The zero-order valence-corrected chi connectivity index (χ0v) is 14.2. The van der Waals surface area contributed by atoms with E-state index in [1.807, 2.05) is 26.8 Å². The Morgan fingerprint density at radius 1 is 1.26 bits per heavy atom. The van der Waals surface area contributed by atoms with Gasteiger partial charge >= 0.3 is 0 Å². The van der Waals surface area contributed by atoms with Gasteiger partial charge in [0, 0.05) is 17.1 Å². The lowest BCUT2D eigenvalue weighted by molar-refractivity contribution is 0.0937. The summed E-state index contributed by atoms with van der Waals surface area (Å²) in [4.78, 5) is 20.2. The number of rotatable bonds is 5. The Hall–Kier alpha value is -2.34. The first-order valence-corrected chi connectivity index (χ1v) is 7.52. The number of nitrogens with one attached hydrogen (secondary N) is 2. The third-order valence-corrected chi connectivity index (χ3v) is 3.45. The molecule has 7 heteroatoms. The number of hydrogen-bond donors (Lipinski definition) is 2. The molecule has 0 atom stereocenters. The molecule has 1 amide bonds. The van der Waals surface area contributed by atoms with Crippen LogP contribution in [-0.4, -0.2) is 29.0 Å². The molecule has 2 rings (SSSR count). The number of amides is 1. The van der Waals surface area contributed by atoms with E-state index in [4.69, 9.17) is 16.3 Å². The molecule has 0 radical (unpaired) electrons. The highest BCUT2D eigenvalue weighted by molar-refractivity contribution is 6.31. The standard InChI is InChI=1S/C16H19ClN4O2/c1-9(2)20-16(22)13-7-19-15(8-18-13)21-12-5-10(3)11(17)6-14(12)23-4/h5-9H,1-4H3,(H,19,21)(H,20,22). The number of methoxy groups -OCH3 is 1. The second-order valence-corrected chi connectivity index (χ2v) is 5.75. The number of benzene rings is 1. The summed E-state index contributed by atoms with van der Waals surface area (Å²) in [6.45, 7) is 5.67. The molecule has 1 aromatic heterocycles. The molecule has 2 N–H and O–H groups in total. The van der Waals surface area contributed by atoms with Crippen molar-refractivity contribution in [3.63, 3.8) is 0 Å². The minimum Gasteiger partial charge on any atom is -0.495 e. The van der Waals surface area contributed by atoms with E-state index in [0.29, 0.717) is 16.6 Å². The van der Waals surface area contributed by atoms with Crippen molar-refractivity contribution in [2.45, 2.75) is 26.8 Å². The minimum atomic E-state index is -0.251. The van der Waals surface area contributed by atoms with E-state index >= 15 is 0 Å². The van der Waals surface area contributed by atoms with Crippen LogP contribution in [0.5, 0.6) is 5.75 Å². The van der Waals surface area contributed by atoms with Gasteiger partial charge in [0.1, 0.15) is 17.3 Å². The van der Waals surface area contributed by atoms with Crippen LogP contribution < -0.4 is 15.4 Å². The van der Waals surface area contributed by atoms with Crippen molar-refractivity contribution in [3.05, 3.63) is 40.8 Å². The first kappa shape index (κ1) is 17.0. The van der Waals surface area contributed by atoms with E-state index in [1.165, 1.54) is 12.4 Å². The van der Waals surface area contributed by atoms with Crippen LogP contribution in [0.15, 0.2) is 24.5 Å². The highest BCUT2D eigenvalue weighted by Crippen LogP contribution is 2.32. The summed E-state index contributed by atoms with van der Waals surface area (Å²) in [6, 6.07) is 3.64. The molecule has 0 spiro atoms. The molecule has 0 saturated carbocycles. The quantitative estimate of drug-likeness (QED) is 0.877. The topological polar surface area (TPSA) is 76.1 Å². The van der Waals surface area contributed by atoms with Gasteiger partial charge < -0.3 is 15.4 Å². The number of ether oxygens (including phenoxy) is 1. The second kappa shape index (κ2) is 7.28. The third kappa shape index (κ3) is 4.32. The van der Waals surface area contributed by atoms with Crippen LogP contribution in [0.4, 0.5) is 11.5 Å². The van der Waals surface area contributed by atoms with Crippen LogP contribution in [-0.2, 0) is 0 Å². The van der Waals surface area contributed by atoms with Crippen molar-refractivity contribution >= 4 is 29.0 Å². The molecule has 1 heterocycles. The summed E-state index contributed by atoms with van der Waals surface area (Å²) in [7, 11) is 1.57. The number of nitrogens with zero attached hydrogens (tertiary/aromatic N) is 2. The molecule has 0 saturated heterocycles. The Kier molecular flexibility index (Phi) is 5.39. The molecule has 1 aromatic carbocycles. The van der Waals surface area contributed by atoms with Gasteiger partial charge in [-0.25, -0.2) is 9.97 Å². The molecule has 0 aliphatic rings. The van der Waals surface area contributed by atoms with Gasteiger partial charge in [-0.1, -0.05) is 11.6 Å². The van der Waals surface area contributed by atoms with Gasteiger partial charge in [0.2, 0.25) is 0 Å². The monoisotopic (exact) mass is 334 g/mol. The molecule has 0 bridgehead atoms. The lowest BCUT2D eigenvalue weighted by Gasteiger charge is -2.13. The lowest BCUT2D eigenvalue weighted by atomic mass is 10.2. The fourth-order valence-corrected chi connectivity index (χ4v) is 2.07. The minimum absolute atomic E-state index is 0.0448. The molecule has 0 aliphatic heterocycles. The van der Waals surface area contributed by atoms with Crippen LogP contribution in [0.2, 0.25) is 5.02 Å². The zero-order chi connectivity index (χ0) is 17.0. The number of carbonyl (C=O) groups excluding carboxylic acids is 1. The summed E-state index contributed by atoms with van der Waals surface area (Å²) >= 11 is 6.08. The van der Waals surface area contributed by atoms with Gasteiger partial charge in [-0.15, -0.1) is 0 Å². The van der Waals surface area contributed by atoms with Crippen molar-refractivity contribution in [1.29, 1.82) is 0 Å². The first-order valence-electron chi connectivity index (χ1n) is 7.14. The van der Waals surface area contributed by atoms with Gasteiger partial charge in [-0.05, 0) is 32.4 Å². The largest absolute Gasteiger partial charge is 0.495 e. The average molecular weight is 335 g/mol. The van der Waals surface area contributed by atoms with Gasteiger partial charge in [0.25, 0.3) is 5.91 Å². The van der Waals surface area contributed by atoms with Crippen LogP contribution >= 0.6 is 11.6 Å². The van der Waals surface area contributed by atoms with Crippen LogP contribution in [0.1, 0.15) is 29.9 Å². The van der Waals surface area contributed by atoms with Crippen molar-refractivity contribution < 1.29 is 9.53 Å². The second-order valence-electron chi connectivity index (χ2n) is 5.34. The normalized spacial score (nSPS) is 10.5. The maximum atomic E-state index is 11.8. The van der Waals surface area contributed by atoms with Crippen LogP contribution in [0, 0.1) is 6.92 Å². The van der Waals surface area contributed by atoms with E-state index in [1.54, 1.807) is 13.2 Å². The molecule has 0 unspecified atom stereocenters. The number of aromatic nitrogens is 2. The SMILES string of the molecule is COc1cc(Cl)c(C)cc1Nc1cnc(C(=O)NC(C)C)cn1. The lowest BCUT2D eigenvalue weighted by Crippen LogP contribution is -2.30. The number of hydrogen-bond acceptors (Lipinski definition) is 5. The summed E-state index contributed by atoms with van der Waals surface area (Å²) in [5.41, 5.74) is 1.91. The van der Waals surface area contributed by atoms with E-state index in [2.05, 4.69) is 20.6 Å². The Labute approximate surface area is 140 Å². The Bertz CT molecular complexity index is 702. The van der Waals surface area contributed by atoms with E-state index < -0.39 is 0 Å². The van der Waals surface area contributed by atoms with Crippen molar-refractivity contribution in [3.8, 4) is 5.75 Å². The summed E-state index contributed by atoms with van der Waals surface area (Å²) in [6.07, 6.45) is 2.92. The molecular weight excluding hydrogens is 316 g/mol. The maximum Gasteiger partial charge on any atom is 0.271 e. The van der Waals surface area contributed by atoms with E-state index in [9.17, 15) is 4.79 Å². The molecule has 122 valence electrons. The Balaban J connectivity index is 2.18. The molecule has 0 fully saturated rings. The number of anilines is 2. The Morgan fingerprint density at radius 2 is 2.00 bits per heavy atom. The van der Waals surface area contributed by atoms with Gasteiger partial charge in [0.15, 0.2) is 0 Å². The number of aryl methyl sites for hydroxylation is 1. The van der Waals surface area contributed by atoms with Gasteiger partial charge in [0.05, 0.1) is 25.2 Å². The fourth-order valence-electron chi connectivity index (χ4n) is 1.91. The smallest absolute Gasteiger partial charge is 0.271 e. The van der Waals surface area contributed by atoms with E-state index in [0.717, 1.165) is 11.3 Å². The summed E-state index contributed by atoms with van der Waals surface area (Å²) in [5, 5.41) is 6.50. The Morgan fingerprint density at radius 3 is 2.57 bits per heavy atom. The van der Waals surface area contributed by atoms with Crippen LogP contribution in [0.25, 0.3) is 0 Å². The third-order valence-electron chi connectivity index (χ3n) is 3.05. The van der Waals surface area contributed by atoms with Crippen molar-refractivity contribution in [2.24, 2.45) is 0 Å². The molecule has 2 aromatic rings. The van der Waals surface area contributed by atoms with E-state index in [-0.39, 0.29) is 17.6 Å². The predicted molar refractivity (Wildman–Crippen MR) is 90.7 cm³/mol. The maximum absolute atomic E-state index is 11.8. The molecule has 23 heavy (non-hydrogen) atoms. The molecular formula is C16H19ClN4O2. The highest BCUT2D eigenvalue weighted by Gasteiger charge is 2.11. The number of halogens is 1. The zero-order valence-electron chi connectivity index (χ0n) is 13.5. The fraction of sp³-hybridized carbons (Fsp3) is 0.312. The summed E-state index contributed by atoms with van der Waals surface area (Å²) < 4.78 is 5.30. The summed E-state index contributed by atoms with van der Waals surface area (Å²) in [5.74, 6) is 0.856. The van der Waals surface area contributed by atoms with Crippen molar-refractivity contribution in [1.82, 2.24) is 15.3 Å². The van der Waals surface area contributed by atoms with Gasteiger partial charge in [-0.2, -0.15) is 0 Å². The van der Waals surface area contributed by atoms with Crippen LogP contribution in [0.3, 0.4) is 0 Å². The van der Waals surface area contributed by atoms with Crippen molar-refractivity contribution in [2.75, 3.05) is 12.4 Å². The first-order chi connectivity index (χ1) is 10.9. The number of carbonyl (C=O) groups is 1. The molecule has 0 aliphatic carbocycles. The average Bonchev–Trinajstić information content (AvgIpc) is 2.50. The highest BCUT2D eigenvalue weighted by atomic mass is 35.5. The van der Waals surface area contributed by atoms with Gasteiger partial charge in [-0.3, -0.25) is 4.79 Å². The molecule has 6 nitrogen and oxygen atoms in total. The predicted octanol–water partition coefficient (Wildman–Crippen LogP) is 3.33.